The molecule has 2 unspecified atom stereocenters. The van der Waals surface area contributed by atoms with Gasteiger partial charge < -0.3 is 20.1 Å². The maximum Gasteiger partial charge on any atom is 0.221 e. The Morgan fingerprint density at radius 3 is 3.09 bits per heavy atom. The summed E-state index contributed by atoms with van der Waals surface area (Å²) in [7, 11) is 0. The van der Waals surface area contributed by atoms with Crippen LogP contribution in [0, 0.1) is 5.82 Å². The van der Waals surface area contributed by atoms with Crippen molar-refractivity contribution in [2.75, 3.05) is 26.4 Å². The Balaban J connectivity index is 0.00000242. The first-order valence-electron chi connectivity index (χ1n) is 7.12. The van der Waals surface area contributed by atoms with Crippen LogP contribution >= 0.6 is 12.4 Å². The molecule has 1 amide bonds. The van der Waals surface area contributed by atoms with Crippen molar-refractivity contribution >= 4 is 18.3 Å². The van der Waals surface area contributed by atoms with Gasteiger partial charge in [0.2, 0.25) is 5.91 Å². The number of nitrogens with one attached hydrogen (secondary N) is 2. The molecule has 2 N–H and O–H groups in total. The van der Waals surface area contributed by atoms with E-state index in [-0.39, 0.29) is 36.2 Å². The van der Waals surface area contributed by atoms with Gasteiger partial charge in [-0.15, -0.1) is 12.4 Å². The highest BCUT2D eigenvalue weighted by molar-refractivity contribution is 5.85. The van der Waals surface area contributed by atoms with Crippen LogP contribution in [0.3, 0.4) is 0 Å². The first-order valence-corrected chi connectivity index (χ1v) is 7.12. The fraction of sp³-hybridized carbons (Fsp3) is 0.533. The van der Waals surface area contributed by atoms with Crippen molar-refractivity contribution in [3.8, 4) is 5.75 Å². The maximum atomic E-state index is 13.0. The lowest BCUT2D eigenvalue weighted by Gasteiger charge is -2.24. The van der Waals surface area contributed by atoms with Gasteiger partial charge in [0.05, 0.1) is 19.3 Å². The number of halogens is 2. The average molecular weight is 333 g/mol. The van der Waals surface area contributed by atoms with E-state index in [1.807, 2.05) is 6.92 Å². The van der Waals surface area contributed by atoms with Gasteiger partial charge in [0.15, 0.2) is 0 Å². The predicted molar refractivity (Wildman–Crippen MR) is 84.0 cm³/mol. The van der Waals surface area contributed by atoms with Crippen molar-refractivity contribution in [2.45, 2.75) is 25.4 Å². The molecule has 0 bridgehead atoms. The summed E-state index contributed by atoms with van der Waals surface area (Å²) >= 11 is 0. The molecule has 0 aromatic heterocycles. The van der Waals surface area contributed by atoms with Crippen molar-refractivity contribution in [2.24, 2.45) is 0 Å². The van der Waals surface area contributed by atoms with Crippen LogP contribution in [0.5, 0.6) is 5.75 Å². The Bertz CT molecular complexity index is 470. The quantitative estimate of drug-likeness (QED) is 0.829. The topological polar surface area (TPSA) is 59.6 Å². The maximum absolute atomic E-state index is 13.0. The highest BCUT2D eigenvalue weighted by Gasteiger charge is 2.18. The van der Waals surface area contributed by atoms with Gasteiger partial charge in [0.1, 0.15) is 18.2 Å². The highest BCUT2D eigenvalue weighted by Crippen LogP contribution is 2.12. The fourth-order valence-electron chi connectivity index (χ4n) is 2.13. The van der Waals surface area contributed by atoms with Crippen LogP contribution in [-0.2, 0) is 9.53 Å². The molecule has 1 saturated heterocycles. The molecule has 0 aliphatic carbocycles. The molecule has 5 nitrogen and oxygen atoms in total. The van der Waals surface area contributed by atoms with Crippen LogP contribution < -0.4 is 15.4 Å². The van der Waals surface area contributed by atoms with Gasteiger partial charge in [-0.25, -0.2) is 4.39 Å². The third-order valence-electron chi connectivity index (χ3n) is 3.13. The smallest absolute Gasteiger partial charge is 0.221 e. The average Bonchev–Trinajstić information content (AvgIpc) is 2.46. The van der Waals surface area contributed by atoms with Crippen LogP contribution in [0.15, 0.2) is 24.3 Å². The third-order valence-corrected chi connectivity index (χ3v) is 3.13. The Labute approximate surface area is 136 Å². The minimum Gasteiger partial charge on any atom is -0.491 e. The van der Waals surface area contributed by atoms with Crippen LogP contribution in [-0.4, -0.2) is 44.4 Å². The minimum absolute atomic E-state index is 0. The highest BCUT2D eigenvalue weighted by atomic mass is 35.5. The minimum atomic E-state index is -0.340. The fourth-order valence-corrected chi connectivity index (χ4v) is 2.13. The van der Waals surface area contributed by atoms with E-state index in [1.165, 1.54) is 12.1 Å². The Kier molecular flexibility index (Phi) is 8.16. The molecule has 0 saturated carbocycles. The van der Waals surface area contributed by atoms with Crippen LogP contribution in [0.1, 0.15) is 13.3 Å². The molecule has 1 aromatic rings. The zero-order valence-corrected chi connectivity index (χ0v) is 13.3. The van der Waals surface area contributed by atoms with Crippen molar-refractivity contribution in [3.05, 3.63) is 30.1 Å². The van der Waals surface area contributed by atoms with E-state index in [1.54, 1.807) is 12.1 Å². The monoisotopic (exact) mass is 332 g/mol. The zero-order valence-electron chi connectivity index (χ0n) is 12.5. The Morgan fingerprint density at radius 2 is 2.41 bits per heavy atom. The molecule has 1 aliphatic heterocycles. The number of amides is 1. The SMILES string of the molecule is CC(COc1cccc(F)c1)NC(=O)CC1COCCN1.Cl. The van der Waals surface area contributed by atoms with E-state index in [4.69, 9.17) is 9.47 Å². The molecule has 22 heavy (non-hydrogen) atoms. The molecule has 2 rings (SSSR count). The van der Waals surface area contributed by atoms with Crippen LogP contribution in [0.2, 0.25) is 0 Å². The number of carbonyl (C=O) groups excluding carboxylic acids is 1. The Hall–Kier alpha value is -1.37. The summed E-state index contributed by atoms with van der Waals surface area (Å²) in [6.07, 6.45) is 0.379. The van der Waals surface area contributed by atoms with E-state index in [0.29, 0.717) is 32.0 Å². The van der Waals surface area contributed by atoms with Crippen molar-refractivity contribution in [1.29, 1.82) is 0 Å². The molecule has 0 radical (unpaired) electrons. The van der Waals surface area contributed by atoms with Gasteiger partial charge in [-0.05, 0) is 19.1 Å². The lowest BCUT2D eigenvalue weighted by atomic mass is 10.2. The molecule has 1 heterocycles. The first-order chi connectivity index (χ1) is 10.1. The van der Waals surface area contributed by atoms with Gasteiger partial charge in [-0.1, -0.05) is 6.07 Å². The second kappa shape index (κ2) is 9.61. The molecule has 0 spiro atoms. The number of ether oxygens (including phenoxy) is 2. The summed E-state index contributed by atoms with van der Waals surface area (Å²) in [6, 6.07) is 5.86. The summed E-state index contributed by atoms with van der Waals surface area (Å²) in [5.74, 6) is 0.0688. The standard InChI is InChI=1S/C15H21FN2O3.ClH/c1-11(9-21-14-4-2-3-12(16)7-14)18-15(19)8-13-10-20-6-5-17-13;/h2-4,7,11,13,17H,5-6,8-10H2,1H3,(H,18,19);1H. The van der Waals surface area contributed by atoms with Crippen LogP contribution in [0.25, 0.3) is 0 Å². The van der Waals surface area contributed by atoms with Crippen LogP contribution in [0.4, 0.5) is 4.39 Å². The van der Waals surface area contributed by atoms with E-state index in [9.17, 15) is 9.18 Å². The Morgan fingerprint density at radius 1 is 1.59 bits per heavy atom. The van der Waals surface area contributed by atoms with E-state index in [0.717, 1.165) is 6.54 Å². The predicted octanol–water partition coefficient (Wildman–Crippen LogP) is 1.51. The van der Waals surface area contributed by atoms with Crippen molar-refractivity contribution < 1.29 is 18.7 Å². The lowest BCUT2D eigenvalue weighted by Crippen LogP contribution is -2.46. The van der Waals surface area contributed by atoms with Gasteiger partial charge >= 0.3 is 0 Å². The molecule has 124 valence electrons. The van der Waals surface area contributed by atoms with E-state index >= 15 is 0 Å². The van der Waals surface area contributed by atoms with E-state index in [2.05, 4.69) is 10.6 Å². The summed E-state index contributed by atoms with van der Waals surface area (Å²) in [4.78, 5) is 11.9. The number of carbonyl (C=O) groups is 1. The summed E-state index contributed by atoms with van der Waals surface area (Å²) in [6.45, 7) is 4.17. The first kappa shape index (κ1) is 18.7. The van der Waals surface area contributed by atoms with Gasteiger partial charge in [0.25, 0.3) is 0 Å². The lowest BCUT2D eigenvalue weighted by molar-refractivity contribution is -0.123. The van der Waals surface area contributed by atoms with Crippen molar-refractivity contribution in [1.82, 2.24) is 10.6 Å². The summed E-state index contributed by atoms with van der Waals surface area (Å²) in [5, 5.41) is 6.09. The number of morpholine rings is 1. The van der Waals surface area contributed by atoms with Crippen molar-refractivity contribution in [3.63, 3.8) is 0 Å². The zero-order chi connectivity index (χ0) is 15.1. The summed E-state index contributed by atoms with van der Waals surface area (Å²) < 4.78 is 23.7. The molecule has 1 fully saturated rings. The number of benzene rings is 1. The van der Waals surface area contributed by atoms with Gasteiger partial charge in [0, 0.05) is 25.1 Å². The second-order valence-corrected chi connectivity index (χ2v) is 5.17. The van der Waals surface area contributed by atoms with Gasteiger partial charge in [-0.2, -0.15) is 0 Å². The van der Waals surface area contributed by atoms with Gasteiger partial charge in [-0.3, -0.25) is 4.79 Å². The number of hydrogen-bond acceptors (Lipinski definition) is 4. The normalized spacial score (nSPS) is 18.9. The molecular weight excluding hydrogens is 311 g/mol. The molecule has 1 aromatic carbocycles. The molecular formula is C15H22ClFN2O3. The molecule has 2 atom stereocenters. The second-order valence-electron chi connectivity index (χ2n) is 5.17. The number of rotatable bonds is 6. The van der Waals surface area contributed by atoms with E-state index < -0.39 is 0 Å². The largest absolute Gasteiger partial charge is 0.491 e. The molecule has 1 aliphatic rings. The third kappa shape index (κ3) is 6.60. The summed E-state index contributed by atoms with van der Waals surface area (Å²) in [5.41, 5.74) is 0. The molecule has 7 heteroatoms. The number of hydrogen-bond donors (Lipinski definition) is 2.